The van der Waals surface area contributed by atoms with Crippen molar-refractivity contribution in [2.24, 2.45) is 0 Å². The van der Waals surface area contributed by atoms with Gasteiger partial charge in [0.25, 0.3) is 5.69 Å². The Balaban J connectivity index is 3.14. The normalized spacial score (nSPS) is 11.2. The minimum atomic E-state index is -4.50. The first-order valence-corrected chi connectivity index (χ1v) is 5.44. The van der Waals surface area contributed by atoms with Crippen LogP contribution < -0.4 is 4.90 Å². The largest absolute Gasteiger partial charge is 0.405 e. The van der Waals surface area contributed by atoms with Gasteiger partial charge >= 0.3 is 6.18 Å². The fourth-order valence-electron chi connectivity index (χ4n) is 1.64. The molecule has 0 amide bonds. The Morgan fingerprint density at radius 2 is 2.05 bits per heavy atom. The number of carbonyl (C=O) groups is 1. The van der Waals surface area contributed by atoms with E-state index in [0.717, 1.165) is 23.1 Å². The summed E-state index contributed by atoms with van der Waals surface area (Å²) in [6.07, 6.45) is -4.30. The lowest BCUT2D eigenvalue weighted by Crippen LogP contribution is -2.36. The summed E-state index contributed by atoms with van der Waals surface area (Å²) in [5.74, 6) is 0. The number of hydrogen-bond acceptors (Lipinski definition) is 5. The van der Waals surface area contributed by atoms with Crippen LogP contribution in [0, 0.1) is 10.1 Å². The van der Waals surface area contributed by atoms with Crippen LogP contribution in [0.3, 0.4) is 0 Å². The van der Waals surface area contributed by atoms with Crippen LogP contribution in [0.5, 0.6) is 0 Å². The smallest absolute Gasteiger partial charge is 0.395 e. The second-order valence-electron chi connectivity index (χ2n) is 3.88. The number of benzene rings is 1. The zero-order valence-electron chi connectivity index (χ0n) is 10.1. The Bertz CT molecular complexity index is 505. The Hall–Kier alpha value is -2.16. The van der Waals surface area contributed by atoms with Gasteiger partial charge in [-0.25, -0.2) is 0 Å². The minimum absolute atomic E-state index is 0.0240. The third-order valence-corrected chi connectivity index (χ3v) is 2.44. The van der Waals surface area contributed by atoms with Gasteiger partial charge < -0.3 is 10.0 Å². The third kappa shape index (κ3) is 4.19. The van der Waals surface area contributed by atoms with Gasteiger partial charge in [-0.05, 0) is 12.1 Å². The molecule has 0 atom stereocenters. The second-order valence-corrected chi connectivity index (χ2v) is 3.88. The first-order chi connectivity index (χ1) is 9.28. The topological polar surface area (TPSA) is 83.7 Å². The summed E-state index contributed by atoms with van der Waals surface area (Å²) in [4.78, 5) is 21.4. The minimum Gasteiger partial charge on any atom is -0.395 e. The van der Waals surface area contributed by atoms with Gasteiger partial charge in [0.1, 0.15) is 6.54 Å². The predicted molar refractivity (Wildman–Crippen MR) is 63.8 cm³/mol. The number of halogens is 3. The molecule has 0 saturated heterocycles. The van der Waals surface area contributed by atoms with E-state index in [9.17, 15) is 28.1 Å². The molecule has 1 N–H and O–H groups in total. The highest BCUT2D eigenvalue weighted by molar-refractivity contribution is 5.83. The third-order valence-electron chi connectivity index (χ3n) is 2.44. The van der Waals surface area contributed by atoms with E-state index in [4.69, 9.17) is 5.11 Å². The number of aliphatic hydroxyl groups is 1. The van der Waals surface area contributed by atoms with E-state index in [1.807, 2.05) is 0 Å². The number of hydrogen-bond donors (Lipinski definition) is 1. The zero-order chi connectivity index (χ0) is 15.3. The fourth-order valence-corrected chi connectivity index (χ4v) is 1.64. The highest BCUT2D eigenvalue weighted by Gasteiger charge is 2.31. The van der Waals surface area contributed by atoms with Gasteiger partial charge in [0, 0.05) is 18.3 Å². The Kier molecular flexibility index (Phi) is 5.03. The molecule has 20 heavy (non-hydrogen) atoms. The van der Waals surface area contributed by atoms with Crippen molar-refractivity contribution in [1.29, 1.82) is 0 Å². The van der Waals surface area contributed by atoms with Crippen molar-refractivity contribution in [3.8, 4) is 0 Å². The van der Waals surface area contributed by atoms with E-state index in [-0.39, 0.29) is 24.1 Å². The molecule has 0 heterocycles. The molecule has 0 saturated carbocycles. The van der Waals surface area contributed by atoms with Crippen LogP contribution in [-0.4, -0.2) is 42.2 Å². The number of aldehydes is 1. The number of rotatable bonds is 6. The van der Waals surface area contributed by atoms with Crippen molar-refractivity contribution in [1.82, 2.24) is 0 Å². The van der Waals surface area contributed by atoms with Crippen molar-refractivity contribution in [3.63, 3.8) is 0 Å². The standard InChI is InChI=1S/C11H11F3N2O4/c12-11(13,14)7-15(3-4-17)9-1-2-10(16(19)20)8(5-9)6-18/h1-2,5-6,17H,3-4,7H2. The summed E-state index contributed by atoms with van der Waals surface area (Å²) in [5, 5.41) is 19.4. The van der Waals surface area contributed by atoms with Crippen molar-refractivity contribution in [3.05, 3.63) is 33.9 Å². The molecule has 0 aliphatic rings. The summed E-state index contributed by atoms with van der Waals surface area (Å²) in [6, 6.07) is 3.05. The summed E-state index contributed by atoms with van der Waals surface area (Å²) < 4.78 is 37.2. The molecule has 0 spiro atoms. The van der Waals surface area contributed by atoms with Crippen LogP contribution in [0.1, 0.15) is 10.4 Å². The van der Waals surface area contributed by atoms with E-state index in [2.05, 4.69) is 0 Å². The first-order valence-electron chi connectivity index (χ1n) is 5.44. The molecular weight excluding hydrogens is 281 g/mol. The van der Waals surface area contributed by atoms with Crippen LogP contribution in [0.4, 0.5) is 24.5 Å². The molecule has 1 aromatic carbocycles. The maximum Gasteiger partial charge on any atom is 0.405 e. The number of nitro benzene ring substituents is 1. The number of anilines is 1. The van der Waals surface area contributed by atoms with Gasteiger partial charge in [0.15, 0.2) is 6.29 Å². The van der Waals surface area contributed by atoms with Crippen LogP contribution in [0.25, 0.3) is 0 Å². The summed E-state index contributed by atoms with van der Waals surface area (Å²) in [5.41, 5.74) is -0.832. The predicted octanol–water partition coefficient (Wildman–Crippen LogP) is 1.77. The van der Waals surface area contributed by atoms with Crippen molar-refractivity contribution >= 4 is 17.7 Å². The zero-order valence-corrected chi connectivity index (χ0v) is 10.1. The summed E-state index contributed by atoms with van der Waals surface area (Å²) in [6.45, 7) is -2.16. The summed E-state index contributed by atoms with van der Waals surface area (Å²) in [7, 11) is 0. The lowest BCUT2D eigenvalue weighted by Gasteiger charge is -2.25. The SMILES string of the molecule is O=Cc1cc(N(CCO)CC(F)(F)F)ccc1[N+](=O)[O-]. The Morgan fingerprint density at radius 1 is 1.40 bits per heavy atom. The molecule has 1 aromatic rings. The van der Waals surface area contributed by atoms with Gasteiger partial charge in [0.2, 0.25) is 0 Å². The maximum absolute atomic E-state index is 12.4. The highest BCUT2D eigenvalue weighted by Crippen LogP contribution is 2.26. The van der Waals surface area contributed by atoms with Gasteiger partial charge in [-0.3, -0.25) is 14.9 Å². The monoisotopic (exact) mass is 292 g/mol. The maximum atomic E-state index is 12.4. The molecule has 9 heteroatoms. The first kappa shape index (κ1) is 15.9. The molecule has 6 nitrogen and oxygen atoms in total. The van der Waals surface area contributed by atoms with Crippen molar-refractivity contribution < 1.29 is 28.0 Å². The van der Waals surface area contributed by atoms with Gasteiger partial charge in [-0.15, -0.1) is 0 Å². The van der Waals surface area contributed by atoms with Crippen LogP contribution in [0.15, 0.2) is 18.2 Å². The molecule has 0 aliphatic heterocycles. The highest BCUT2D eigenvalue weighted by atomic mass is 19.4. The molecule has 0 aromatic heterocycles. The quantitative estimate of drug-likeness (QED) is 0.491. The van der Waals surface area contributed by atoms with Gasteiger partial charge in [-0.2, -0.15) is 13.2 Å². The van der Waals surface area contributed by atoms with Crippen molar-refractivity contribution in [2.45, 2.75) is 6.18 Å². The molecular formula is C11H11F3N2O4. The molecule has 110 valence electrons. The number of nitrogens with zero attached hydrogens (tertiary/aromatic N) is 2. The molecule has 0 unspecified atom stereocenters. The van der Waals surface area contributed by atoms with E-state index in [1.54, 1.807) is 0 Å². The average Bonchev–Trinajstić information content (AvgIpc) is 2.35. The van der Waals surface area contributed by atoms with E-state index in [0.29, 0.717) is 0 Å². The van der Waals surface area contributed by atoms with Gasteiger partial charge in [-0.1, -0.05) is 0 Å². The lowest BCUT2D eigenvalue weighted by molar-refractivity contribution is -0.385. The van der Waals surface area contributed by atoms with E-state index in [1.165, 1.54) is 0 Å². The molecule has 0 radical (unpaired) electrons. The van der Waals surface area contributed by atoms with Crippen molar-refractivity contribution in [2.75, 3.05) is 24.6 Å². The Morgan fingerprint density at radius 3 is 2.50 bits per heavy atom. The Labute approximate surface area is 111 Å². The lowest BCUT2D eigenvalue weighted by atomic mass is 10.1. The number of alkyl halides is 3. The number of nitro groups is 1. The molecule has 0 bridgehead atoms. The van der Waals surface area contributed by atoms with Crippen LogP contribution in [-0.2, 0) is 0 Å². The van der Waals surface area contributed by atoms with Gasteiger partial charge in [0.05, 0.1) is 17.1 Å². The molecule has 0 fully saturated rings. The van der Waals surface area contributed by atoms with Crippen LogP contribution in [0.2, 0.25) is 0 Å². The summed E-state index contributed by atoms with van der Waals surface area (Å²) >= 11 is 0. The average molecular weight is 292 g/mol. The number of aliphatic hydroxyl groups excluding tert-OH is 1. The molecule has 0 aliphatic carbocycles. The number of carbonyl (C=O) groups excluding carboxylic acids is 1. The van der Waals surface area contributed by atoms with Crippen LogP contribution >= 0.6 is 0 Å². The fraction of sp³-hybridized carbons (Fsp3) is 0.364. The van der Waals surface area contributed by atoms with E-state index < -0.39 is 29.9 Å². The second kappa shape index (κ2) is 6.33. The molecule has 1 rings (SSSR count). The van der Waals surface area contributed by atoms with E-state index >= 15 is 0 Å².